The molecule has 11 nitrogen and oxygen atoms in total. The second-order valence-corrected chi connectivity index (χ2v) is 22.3. The molecule has 9 rings (SSSR count). The minimum Gasteiger partial charge on any atom is -0.497 e. The number of methoxy groups -OCH3 is 1. The molecule has 1 spiro atoms. The zero-order valence-electron chi connectivity index (χ0n) is 34.5. The van der Waals surface area contributed by atoms with E-state index in [1.54, 1.807) is 19.4 Å². The van der Waals surface area contributed by atoms with Crippen LogP contribution in [-0.2, 0) is 28.2 Å². The van der Waals surface area contributed by atoms with Crippen molar-refractivity contribution in [3.8, 4) is 11.4 Å². The van der Waals surface area contributed by atoms with Crippen molar-refractivity contribution in [3.05, 3.63) is 171 Å². The summed E-state index contributed by atoms with van der Waals surface area (Å²) in [7, 11) is -0.725. The van der Waals surface area contributed by atoms with Gasteiger partial charge in [-0.2, -0.15) is 9.78 Å². The first-order valence-corrected chi connectivity index (χ1v) is 24.5. The minimum atomic E-state index is -2.40. The highest BCUT2D eigenvalue weighted by Crippen LogP contribution is 2.60. The number of aromatic nitrogens is 5. The maximum absolute atomic E-state index is 15.4. The largest absolute Gasteiger partial charge is 0.497 e. The summed E-state index contributed by atoms with van der Waals surface area (Å²) in [5.41, 5.74) is 3.49. The Hall–Kier alpha value is -5.73. The number of hydrogen-bond acceptors (Lipinski definition) is 8. The second kappa shape index (κ2) is 16.3. The van der Waals surface area contributed by atoms with Crippen LogP contribution in [0.3, 0.4) is 0 Å². The maximum atomic E-state index is 15.4. The topological polar surface area (TPSA) is 125 Å². The Labute approximate surface area is 363 Å². The van der Waals surface area contributed by atoms with Gasteiger partial charge in [0.2, 0.25) is 0 Å². The van der Waals surface area contributed by atoms with E-state index in [2.05, 4.69) is 63.5 Å². The molecule has 7 aromatic rings. The lowest BCUT2D eigenvalue weighted by atomic mass is 9.82. The van der Waals surface area contributed by atoms with E-state index in [0.717, 1.165) is 38.0 Å². The molecule has 4 heterocycles. The van der Waals surface area contributed by atoms with Crippen molar-refractivity contribution >= 4 is 51.6 Å². The highest BCUT2D eigenvalue weighted by Gasteiger charge is 2.66. The van der Waals surface area contributed by atoms with Crippen molar-refractivity contribution in [2.45, 2.75) is 62.7 Å². The van der Waals surface area contributed by atoms with Crippen LogP contribution < -0.4 is 20.4 Å². The van der Waals surface area contributed by atoms with E-state index in [9.17, 15) is 9.90 Å². The van der Waals surface area contributed by atoms with Crippen LogP contribution in [0.2, 0.25) is 18.6 Å². The van der Waals surface area contributed by atoms with Crippen LogP contribution in [0.4, 0.5) is 5.69 Å². The molecule has 310 valence electrons. The second-order valence-electron chi connectivity index (χ2n) is 16.7. The Bertz CT molecular complexity index is 2780. The fourth-order valence-corrected chi connectivity index (χ4v) is 14.2. The van der Waals surface area contributed by atoms with E-state index >= 15 is 4.79 Å². The third kappa shape index (κ3) is 7.12. The number of amides is 1. The highest BCUT2D eigenvalue weighted by atomic mass is 79.9. The number of fused-ring (bicyclic) bond motifs is 3. The number of anilines is 1. The average Bonchev–Trinajstić information content (AvgIpc) is 3.94. The van der Waals surface area contributed by atoms with Gasteiger partial charge >= 0.3 is 0 Å². The third-order valence-corrected chi connectivity index (χ3v) is 17.8. The first-order chi connectivity index (χ1) is 29.5. The van der Waals surface area contributed by atoms with Gasteiger partial charge in [-0.3, -0.25) is 14.3 Å². The normalized spacial score (nSPS) is 20.4. The predicted molar refractivity (Wildman–Crippen MR) is 242 cm³/mol. The summed E-state index contributed by atoms with van der Waals surface area (Å²) in [6.07, 6.45) is 3.92. The molecular formula is C48H47BrN6O5Si. The lowest BCUT2D eigenvalue weighted by Gasteiger charge is -2.37. The van der Waals surface area contributed by atoms with Crippen molar-refractivity contribution < 1.29 is 19.4 Å². The van der Waals surface area contributed by atoms with Gasteiger partial charge in [-0.25, -0.2) is 0 Å². The first-order valence-electron chi connectivity index (χ1n) is 20.6. The van der Waals surface area contributed by atoms with E-state index in [1.807, 2.05) is 119 Å². The lowest BCUT2D eigenvalue weighted by Crippen LogP contribution is -2.51. The van der Waals surface area contributed by atoms with Crippen LogP contribution in [0.5, 0.6) is 5.75 Å². The summed E-state index contributed by atoms with van der Waals surface area (Å²) in [6.45, 7) is 7.69. The van der Waals surface area contributed by atoms with Gasteiger partial charge in [0.05, 0.1) is 69.0 Å². The molecule has 0 bridgehead atoms. The van der Waals surface area contributed by atoms with Gasteiger partial charge in [0.15, 0.2) is 5.60 Å². The number of hydrogen-bond donors (Lipinski definition) is 1. The Balaban J connectivity index is 1.05. The predicted octanol–water partition coefficient (Wildman–Crippen LogP) is 7.73. The van der Waals surface area contributed by atoms with Gasteiger partial charge in [-0.05, 0) is 71.6 Å². The number of aryl methyl sites for hydroxylation is 1. The summed E-state index contributed by atoms with van der Waals surface area (Å²) in [6, 6.07) is 39.3. The smallest absolute Gasteiger partial charge is 0.279 e. The van der Waals surface area contributed by atoms with E-state index in [-0.39, 0.29) is 41.6 Å². The molecule has 1 unspecified atom stereocenters. The molecular weight excluding hydrogens is 849 g/mol. The van der Waals surface area contributed by atoms with Crippen LogP contribution in [-0.4, -0.2) is 63.7 Å². The van der Waals surface area contributed by atoms with Gasteiger partial charge in [-0.1, -0.05) is 119 Å². The molecule has 1 fully saturated rings. The molecule has 2 aliphatic heterocycles. The molecule has 5 aromatic carbocycles. The van der Waals surface area contributed by atoms with Crippen molar-refractivity contribution in [1.82, 2.24) is 24.8 Å². The number of aliphatic hydroxyl groups excluding tert-OH is 1. The Kier molecular flexibility index (Phi) is 10.8. The summed E-state index contributed by atoms with van der Waals surface area (Å²) in [4.78, 5) is 30.6. The number of rotatable bonds is 12. The zero-order valence-corrected chi connectivity index (χ0v) is 37.1. The van der Waals surface area contributed by atoms with Crippen LogP contribution in [0.25, 0.3) is 16.5 Å². The lowest BCUT2D eigenvalue weighted by molar-refractivity contribution is -0.146. The van der Waals surface area contributed by atoms with Gasteiger partial charge in [0.25, 0.3) is 11.5 Å². The van der Waals surface area contributed by atoms with Gasteiger partial charge < -0.3 is 19.5 Å². The molecule has 1 amide bonds. The van der Waals surface area contributed by atoms with Crippen molar-refractivity contribution in [3.63, 3.8) is 0 Å². The molecule has 13 heteroatoms. The van der Waals surface area contributed by atoms with Crippen LogP contribution in [0.15, 0.2) is 143 Å². The number of ether oxygens (including phenoxy) is 2. The fourth-order valence-electron chi connectivity index (χ4n) is 9.81. The average molecular weight is 896 g/mol. The standard InChI is InChI=1S/C48H47BrN6O5Si/c1-31-45(61(3,4)38-21-19-37(59-2)20-22-38)44(24-25-53-29-42(51-52-53)40(30-56)33-10-6-5-7-11-33)60-48(31)41-26-35(49)16-23-43(41)54(47(48)58)28-32-14-17-36(18-15-32)55-46(57)39-13-9-8-12-34(39)27-50-55/h5-23,26-27,29,31,40,44-45,56H,24-25,28,30H2,1-4H3/t31-,40?,44+,45-,48+/m1/s1. The monoisotopic (exact) mass is 894 g/mol. The Morgan fingerprint density at radius 1 is 0.934 bits per heavy atom. The molecule has 0 aliphatic carbocycles. The molecule has 0 saturated carbocycles. The van der Waals surface area contributed by atoms with Gasteiger partial charge in [0.1, 0.15) is 5.75 Å². The Morgan fingerprint density at radius 2 is 1.67 bits per heavy atom. The third-order valence-electron chi connectivity index (χ3n) is 13.0. The SMILES string of the molecule is COc1ccc([Si](C)(C)[C@H]2[C@H](CCn3cc(C(CO)c4ccccc4)nn3)O[C@@]3(C(=O)N(Cc4ccc(-n5ncc6ccccc6c5=O)cc4)c4ccc(Br)cc43)[C@@H]2C)cc1. The molecule has 5 atom stereocenters. The number of benzene rings is 5. The van der Waals surface area contributed by atoms with Crippen molar-refractivity contribution in [1.29, 1.82) is 0 Å². The van der Waals surface area contributed by atoms with E-state index in [1.165, 1.54) is 9.87 Å². The summed E-state index contributed by atoms with van der Waals surface area (Å²) in [5, 5.41) is 26.4. The number of carbonyl (C=O) groups excluding carboxylic acids is 1. The molecule has 1 N–H and O–H groups in total. The number of aliphatic hydroxyl groups is 1. The zero-order chi connectivity index (χ0) is 42.5. The van der Waals surface area contributed by atoms with Crippen molar-refractivity contribution in [2.24, 2.45) is 5.92 Å². The Morgan fingerprint density at radius 3 is 2.41 bits per heavy atom. The van der Waals surface area contributed by atoms with Crippen LogP contribution in [0, 0.1) is 5.92 Å². The van der Waals surface area contributed by atoms with Gasteiger partial charge in [-0.15, -0.1) is 5.10 Å². The first kappa shape index (κ1) is 40.7. The molecule has 61 heavy (non-hydrogen) atoms. The summed E-state index contributed by atoms with van der Waals surface area (Å²) in [5.74, 6) is 0.225. The number of nitrogens with zero attached hydrogens (tertiary/aromatic N) is 6. The van der Waals surface area contributed by atoms with E-state index < -0.39 is 13.7 Å². The molecule has 2 aromatic heterocycles. The van der Waals surface area contributed by atoms with E-state index in [0.29, 0.717) is 36.3 Å². The van der Waals surface area contributed by atoms with Crippen molar-refractivity contribution in [2.75, 3.05) is 18.6 Å². The molecule has 2 aliphatic rings. The fraction of sp³-hybridized carbons (Fsp3) is 0.271. The number of halogens is 1. The quantitative estimate of drug-likeness (QED) is 0.124. The van der Waals surface area contributed by atoms with Crippen LogP contribution in [0.1, 0.15) is 41.6 Å². The number of carbonyl (C=O) groups is 1. The maximum Gasteiger partial charge on any atom is 0.279 e. The van der Waals surface area contributed by atoms with Crippen LogP contribution >= 0.6 is 15.9 Å². The minimum absolute atomic E-state index is 0.0289. The van der Waals surface area contributed by atoms with E-state index in [4.69, 9.17) is 9.47 Å². The highest BCUT2D eigenvalue weighted by molar-refractivity contribution is 9.10. The molecule has 1 saturated heterocycles. The molecule has 0 radical (unpaired) electrons. The van der Waals surface area contributed by atoms with Gasteiger partial charge in [0, 0.05) is 34.1 Å². The summed E-state index contributed by atoms with van der Waals surface area (Å²) < 4.78 is 17.0. The summed E-state index contributed by atoms with van der Waals surface area (Å²) >= 11 is 3.73.